The number of thioether (sulfide) groups is 1. The Labute approximate surface area is 135 Å². The second-order valence-corrected chi connectivity index (χ2v) is 5.79. The number of hydrogen-bond donors (Lipinski definition) is 1. The highest BCUT2D eigenvalue weighted by Gasteiger charge is 2.30. The molecule has 0 aliphatic rings. The van der Waals surface area contributed by atoms with Crippen LogP contribution in [0.1, 0.15) is 5.56 Å². The van der Waals surface area contributed by atoms with Crippen LogP contribution in [0.4, 0.5) is 23.7 Å². The third-order valence-electron chi connectivity index (χ3n) is 2.87. The summed E-state index contributed by atoms with van der Waals surface area (Å²) in [6.45, 7) is 0.322. The number of pyridine rings is 1. The third-order valence-corrected chi connectivity index (χ3v) is 3.68. The van der Waals surface area contributed by atoms with Crippen LogP contribution in [0.15, 0.2) is 53.7 Å². The highest BCUT2D eigenvalue weighted by molar-refractivity contribution is 8.00. The number of carbonyl (C=O) groups excluding carboxylic acids is 1. The van der Waals surface area contributed by atoms with Gasteiger partial charge in [0.2, 0.25) is 0 Å². The summed E-state index contributed by atoms with van der Waals surface area (Å²) in [6, 6.07) is 8.85. The molecular formula is C15H14F3N3OS. The standard InChI is InChI=1S/C15H14F3N3OS/c1-21(10-11-6-8-19-9-7-11)14(22)20-12-4-2-3-5-13(12)23-15(16,17)18/h2-9H,10H2,1H3,(H,20,22). The number of urea groups is 1. The molecule has 1 heterocycles. The number of anilines is 1. The van der Waals surface area contributed by atoms with Crippen LogP contribution in [-0.4, -0.2) is 28.5 Å². The van der Waals surface area contributed by atoms with Crippen LogP contribution in [-0.2, 0) is 6.54 Å². The van der Waals surface area contributed by atoms with Gasteiger partial charge in [-0.3, -0.25) is 4.98 Å². The molecule has 1 N–H and O–H groups in total. The Hall–Kier alpha value is -2.22. The van der Waals surface area contributed by atoms with Gasteiger partial charge in [-0.15, -0.1) is 0 Å². The van der Waals surface area contributed by atoms with Gasteiger partial charge in [-0.1, -0.05) is 12.1 Å². The van der Waals surface area contributed by atoms with Gasteiger partial charge in [-0.25, -0.2) is 4.79 Å². The van der Waals surface area contributed by atoms with E-state index in [2.05, 4.69) is 10.3 Å². The number of amides is 2. The summed E-state index contributed by atoms with van der Waals surface area (Å²) in [4.78, 5) is 17.4. The number of halogens is 3. The van der Waals surface area contributed by atoms with Gasteiger partial charge in [-0.2, -0.15) is 13.2 Å². The molecule has 0 aliphatic heterocycles. The van der Waals surface area contributed by atoms with Gasteiger partial charge in [0, 0.05) is 30.9 Å². The van der Waals surface area contributed by atoms with Crippen LogP contribution in [0, 0.1) is 0 Å². The van der Waals surface area contributed by atoms with E-state index >= 15 is 0 Å². The van der Waals surface area contributed by atoms with Crippen molar-refractivity contribution in [2.75, 3.05) is 12.4 Å². The summed E-state index contributed by atoms with van der Waals surface area (Å²) >= 11 is -0.256. The first-order chi connectivity index (χ1) is 10.8. The molecule has 122 valence electrons. The molecule has 0 saturated carbocycles. The van der Waals surface area contributed by atoms with E-state index in [-0.39, 0.29) is 22.3 Å². The number of nitrogens with zero attached hydrogens (tertiary/aromatic N) is 2. The second-order valence-electron chi connectivity index (χ2n) is 4.69. The molecule has 0 unspecified atom stereocenters. The Bertz CT molecular complexity index is 665. The van der Waals surface area contributed by atoms with Crippen LogP contribution < -0.4 is 5.32 Å². The van der Waals surface area contributed by atoms with E-state index < -0.39 is 11.5 Å². The minimum absolute atomic E-state index is 0.0503. The number of rotatable bonds is 4. The lowest BCUT2D eigenvalue weighted by molar-refractivity contribution is -0.0328. The van der Waals surface area contributed by atoms with Crippen molar-refractivity contribution in [1.82, 2.24) is 9.88 Å². The number of alkyl halides is 3. The first-order valence-electron chi connectivity index (χ1n) is 6.61. The number of para-hydroxylation sites is 1. The van der Waals surface area contributed by atoms with Crippen LogP contribution >= 0.6 is 11.8 Å². The summed E-state index contributed by atoms with van der Waals surface area (Å²) in [7, 11) is 1.56. The molecule has 8 heteroatoms. The van der Waals surface area contributed by atoms with E-state index in [1.54, 1.807) is 37.6 Å². The second kappa shape index (κ2) is 7.36. The maximum atomic E-state index is 12.5. The maximum Gasteiger partial charge on any atom is 0.446 e. The van der Waals surface area contributed by atoms with Crippen molar-refractivity contribution >= 4 is 23.5 Å². The van der Waals surface area contributed by atoms with Crippen molar-refractivity contribution in [1.29, 1.82) is 0 Å². The van der Waals surface area contributed by atoms with Crippen LogP contribution in [0.3, 0.4) is 0 Å². The highest BCUT2D eigenvalue weighted by Crippen LogP contribution is 2.40. The molecule has 2 rings (SSSR count). The van der Waals surface area contributed by atoms with E-state index in [1.165, 1.54) is 23.1 Å². The molecule has 23 heavy (non-hydrogen) atoms. The number of nitrogens with one attached hydrogen (secondary N) is 1. The quantitative estimate of drug-likeness (QED) is 0.841. The van der Waals surface area contributed by atoms with Crippen molar-refractivity contribution in [2.24, 2.45) is 0 Å². The number of hydrogen-bond acceptors (Lipinski definition) is 3. The Balaban J connectivity index is 2.05. The Kier molecular flexibility index (Phi) is 5.49. The molecule has 2 aromatic rings. The summed E-state index contributed by atoms with van der Waals surface area (Å²) in [5.41, 5.74) is -3.42. The molecule has 0 atom stereocenters. The van der Waals surface area contributed by atoms with E-state index in [0.29, 0.717) is 6.54 Å². The predicted molar refractivity (Wildman–Crippen MR) is 83.1 cm³/mol. The minimum atomic E-state index is -4.41. The van der Waals surface area contributed by atoms with Gasteiger partial charge >= 0.3 is 11.5 Å². The molecule has 0 radical (unpaired) electrons. The van der Waals surface area contributed by atoms with Crippen molar-refractivity contribution in [2.45, 2.75) is 16.9 Å². The van der Waals surface area contributed by atoms with E-state index in [0.717, 1.165) is 5.56 Å². The average Bonchev–Trinajstić information content (AvgIpc) is 2.48. The SMILES string of the molecule is CN(Cc1ccncc1)C(=O)Nc1ccccc1SC(F)(F)F. The zero-order valence-corrected chi connectivity index (χ0v) is 13.0. The van der Waals surface area contributed by atoms with E-state index in [9.17, 15) is 18.0 Å². The molecule has 4 nitrogen and oxygen atoms in total. The van der Waals surface area contributed by atoms with Gasteiger partial charge in [0.05, 0.1) is 5.69 Å². The fraction of sp³-hybridized carbons (Fsp3) is 0.200. The average molecular weight is 341 g/mol. The Morgan fingerprint density at radius 3 is 2.52 bits per heavy atom. The first kappa shape index (κ1) is 17.1. The van der Waals surface area contributed by atoms with Crippen molar-refractivity contribution in [3.05, 3.63) is 54.4 Å². The number of carbonyl (C=O) groups is 1. The molecule has 0 fully saturated rings. The smallest absolute Gasteiger partial charge is 0.323 e. The lowest BCUT2D eigenvalue weighted by atomic mass is 10.2. The van der Waals surface area contributed by atoms with Crippen LogP contribution in [0.25, 0.3) is 0 Å². The topological polar surface area (TPSA) is 45.2 Å². The zero-order valence-electron chi connectivity index (χ0n) is 12.2. The van der Waals surface area contributed by atoms with Gasteiger partial charge in [0.1, 0.15) is 0 Å². The lowest BCUT2D eigenvalue weighted by Crippen LogP contribution is -2.31. The fourth-order valence-corrected chi connectivity index (χ4v) is 2.45. The monoisotopic (exact) mass is 341 g/mol. The number of aromatic nitrogens is 1. The zero-order chi connectivity index (χ0) is 16.9. The van der Waals surface area contributed by atoms with Crippen molar-refractivity contribution in [3.8, 4) is 0 Å². The lowest BCUT2D eigenvalue weighted by Gasteiger charge is -2.19. The minimum Gasteiger partial charge on any atom is -0.323 e. The first-order valence-corrected chi connectivity index (χ1v) is 7.42. The van der Waals surface area contributed by atoms with Gasteiger partial charge in [0.25, 0.3) is 0 Å². The molecule has 0 aliphatic carbocycles. The Morgan fingerprint density at radius 2 is 1.87 bits per heavy atom. The van der Waals surface area contributed by atoms with Crippen LogP contribution in [0.2, 0.25) is 0 Å². The third kappa shape index (κ3) is 5.48. The molecular weight excluding hydrogens is 327 g/mol. The molecule has 0 saturated heterocycles. The van der Waals surface area contributed by atoms with Gasteiger partial charge < -0.3 is 10.2 Å². The summed E-state index contributed by atoms with van der Waals surface area (Å²) in [5, 5.41) is 2.50. The molecule has 0 bridgehead atoms. The summed E-state index contributed by atoms with van der Waals surface area (Å²) in [6.07, 6.45) is 3.21. The maximum absolute atomic E-state index is 12.5. The van der Waals surface area contributed by atoms with Gasteiger partial charge in [-0.05, 0) is 41.6 Å². The fourth-order valence-electron chi connectivity index (χ4n) is 1.83. The van der Waals surface area contributed by atoms with Crippen molar-refractivity contribution in [3.63, 3.8) is 0 Å². The van der Waals surface area contributed by atoms with E-state index in [1.807, 2.05) is 0 Å². The summed E-state index contributed by atoms with van der Waals surface area (Å²) in [5.74, 6) is 0. The summed E-state index contributed by atoms with van der Waals surface area (Å²) < 4.78 is 37.6. The van der Waals surface area contributed by atoms with Crippen LogP contribution in [0.5, 0.6) is 0 Å². The normalized spacial score (nSPS) is 11.1. The molecule has 1 aromatic carbocycles. The molecule has 2 amide bonds. The largest absolute Gasteiger partial charge is 0.446 e. The highest BCUT2D eigenvalue weighted by atomic mass is 32.2. The van der Waals surface area contributed by atoms with Gasteiger partial charge in [0.15, 0.2) is 0 Å². The number of benzene rings is 1. The molecule has 0 spiro atoms. The Morgan fingerprint density at radius 1 is 1.22 bits per heavy atom. The van der Waals surface area contributed by atoms with E-state index in [4.69, 9.17) is 0 Å². The predicted octanol–water partition coefficient (Wildman–Crippen LogP) is 4.36. The molecule has 1 aromatic heterocycles. The van der Waals surface area contributed by atoms with Crippen molar-refractivity contribution < 1.29 is 18.0 Å².